The van der Waals surface area contributed by atoms with E-state index in [1.165, 1.54) is 71.3 Å². The van der Waals surface area contributed by atoms with Crippen molar-refractivity contribution >= 4 is 60.4 Å². The fraction of sp³-hybridized carbons (Fsp3) is 0. The van der Waals surface area contributed by atoms with E-state index in [1.807, 2.05) is 0 Å². The molecule has 1 heterocycles. The maximum Gasteiger partial charge on any atom is 0.0541 e. The van der Waals surface area contributed by atoms with Gasteiger partial charge in [-0.15, -0.1) is 0 Å². The molecule has 52 heavy (non-hydrogen) atoms. The summed E-state index contributed by atoms with van der Waals surface area (Å²) in [6.45, 7) is 0. The molecule has 10 aromatic rings. The maximum atomic E-state index is 2.42. The van der Waals surface area contributed by atoms with E-state index >= 15 is 0 Å². The third-order valence-electron chi connectivity index (χ3n) is 10.4. The standard InChI is InChI=1S/C50H34N2/c1-2-15-42(16-3-1)51(43-28-23-36(24-29-43)40-22-21-35-11-4-5-13-39(35)33-40)44-30-25-37(26-31-44)41-27-32-50-47(34-41)46-18-8-9-19-49(46)52(50)48-20-10-14-38-12-6-7-17-45(38)48/h1-34H. The zero-order valence-corrected chi connectivity index (χ0v) is 28.5. The Morgan fingerprint density at radius 2 is 0.808 bits per heavy atom. The fourth-order valence-corrected chi connectivity index (χ4v) is 7.81. The molecule has 0 aliphatic rings. The van der Waals surface area contributed by atoms with Crippen LogP contribution in [0.1, 0.15) is 0 Å². The van der Waals surface area contributed by atoms with Gasteiger partial charge in [-0.3, -0.25) is 0 Å². The van der Waals surface area contributed by atoms with Crippen molar-refractivity contribution in [3.63, 3.8) is 0 Å². The fourth-order valence-electron chi connectivity index (χ4n) is 7.81. The molecule has 10 rings (SSSR count). The lowest BCUT2D eigenvalue weighted by atomic mass is 10.0. The van der Waals surface area contributed by atoms with Gasteiger partial charge in [0.15, 0.2) is 0 Å². The summed E-state index contributed by atoms with van der Waals surface area (Å²) in [6.07, 6.45) is 0. The van der Waals surface area contributed by atoms with Crippen molar-refractivity contribution < 1.29 is 0 Å². The van der Waals surface area contributed by atoms with Gasteiger partial charge in [-0.05, 0) is 105 Å². The highest BCUT2D eigenvalue weighted by Crippen LogP contribution is 2.39. The van der Waals surface area contributed by atoms with Crippen LogP contribution in [0, 0.1) is 0 Å². The molecular formula is C50H34N2. The number of rotatable bonds is 6. The summed E-state index contributed by atoms with van der Waals surface area (Å²) in [6, 6.07) is 74.6. The summed E-state index contributed by atoms with van der Waals surface area (Å²) in [7, 11) is 0. The lowest BCUT2D eigenvalue weighted by Gasteiger charge is -2.26. The Hall–Kier alpha value is -6.90. The summed E-state index contributed by atoms with van der Waals surface area (Å²) in [5, 5.41) is 7.51. The van der Waals surface area contributed by atoms with E-state index in [0.717, 1.165) is 17.1 Å². The van der Waals surface area contributed by atoms with Crippen molar-refractivity contribution in [1.82, 2.24) is 4.57 Å². The Balaban J connectivity index is 1.02. The summed E-state index contributed by atoms with van der Waals surface area (Å²) >= 11 is 0. The number of aromatic nitrogens is 1. The van der Waals surface area contributed by atoms with Crippen LogP contribution in [0.2, 0.25) is 0 Å². The number of hydrogen-bond donors (Lipinski definition) is 0. The van der Waals surface area contributed by atoms with Crippen molar-refractivity contribution in [3.05, 3.63) is 206 Å². The van der Waals surface area contributed by atoms with Gasteiger partial charge in [0.2, 0.25) is 0 Å². The zero-order valence-electron chi connectivity index (χ0n) is 28.5. The maximum absolute atomic E-state index is 2.42. The number of anilines is 3. The number of hydrogen-bond acceptors (Lipinski definition) is 1. The zero-order chi connectivity index (χ0) is 34.4. The second-order valence-corrected chi connectivity index (χ2v) is 13.4. The lowest BCUT2D eigenvalue weighted by molar-refractivity contribution is 1.20. The average Bonchev–Trinajstić information content (AvgIpc) is 3.55. The van der Waals surface area contributed by atoms with Crippen molar-refractivity contribution in [3.8, 4) is 27.9 Å². The molecule has 0 radical (unpaired) electrons. The second-order valence-electron chi connectivity index (χ2n) is 13.4. The topological polar surface area (TPSA) is 8.17 Å². The van der Waals surface area contributed by atoms with Crippen LogP contribution in [0.25, 0.3) is 71.3 Å². The molecule has 0 aliphatic heterocycles. The van der Waals surface area contributed by atoms with E-state index < -0.39 is 0 Å². The van der Waals surface area contributed by atoms with Gasteiger partial charge in [0.1, 0.15) is 0 Å². The molecule has 0 bridgehead atoms. The largest absolute Gasteiger partial charge is 0.311 e. The molecule has 1 aromatic heterocycles. The minimum atomic E-state index is 1.11. The van der Waals surface area contributed by atoms with Crippen molar-refractivity contribution in [2.24, 2.45) is 0 Å². The van der Waals surface area contributed by atoms with Crippen molar-refractivity contribution in [1.29, 1.82) is 0 Å². The van der Waals surface area contributed by atoms with Crippen LogP contribution in [0.4, 0.5) is 17.1 Å². The summed E-state index contributed by atoms with van der Waals surface area (Å²) < 4.78 is 2.42. The Labute approximate surface area is 303 Å². The molecule has 0 saturated heterocycles. The highest BCUT2D eigenvalue weighted by atomic mass is 15.1. The van der Waals surface area contributed by atoms with E-state index in [0.29, 0.717) is 0 Å². The van der Waals surface area contributed by atoms with Gasteiger partial charge in [-0.25, -0.2) is 0 Å². The molecular weight excluding hydrogens is 629 g/mol. The first kappa shape index (κ1) is 30.0. The molecule has 2 nitrogen and oxygen atoms in total. The normalized spacial score (nSPS) is 11.5. The van der Waals surface area contributed by atoms with Gasteiger partial charge in [0.25, 0.3) is 0 Å². The van der Waals surface area contributed by atoms with Crippen LogP contribution in [-0.2, 0) is 0 Å². The molecule has 0 spiro atoms. The predicted molar refractivity (Wildman–Crippen MR) is 221 cm³/mol. The number of nitrogens with zero attached hydrogens (tertiary/aromatic N) is 2. The Morgan fingerprint density at radius 1 is 0.288 bits per heavy atom. The molecule has 0 N–H and O–H groups in total. The first-order chi connectivity index (χ1) is 25.8. The Kier molecular flexibility index (Phi) is 7.18. The third-order valence-corrected chi connectivity index (χ3v) is 10.4. The van der Waals surface area contributed by atoms with Crippen LogP contribution in [0.15, 0.2) is 206 Å². The van der Waals surface area contributed by atoms with E-state index in [1.54, 1.807) is 0 Å². The minimum Gasteiger partial charge on any atom is -0.311 e. The SMILES string of the molecule is c1ccc(N(c2ccc(-c3ccc4ccccc4c3)cc2)c2ccc(-c3ccc4c(c3)c3ccccc3n4-c3cccc4ccccc34)cc2)cc1. The summed E-state index contributed by atoms with van der Waals surface area (Å²) in [5.41, 5.74) is 11.8. The smallest absolute Gasteiger partial charge is 0.0541 e. The van der Waals surface area contributed by atoms with Crippen LogP contribution in [-0.4, -0.2) is 4.57 Å². The van der Waals surface area contributed by atoms with E-state index in [2.05, 4.69) is 216 Å². The van der Waals surface area contributed by atoms with Gasteiger partial charge in [0.05, 0.1) is 16.7 Å². The van der Waals surface area contributed by atoms with Gasteiger partial charge in [-0.1, -0.05) is 140 Å². The first-order valence-corrected chi connectivity index (χ1v) is 17.8. The summed E-state index contributed by atoms with van der Waals surface area (Å²) in [4.78, 5) is 2.33. The first-order valence-electron chi connectivity index (χ1n) is 17.8. The number of benzene rings is 9. The van der Waals surface area contributed by atoms with Crippen molar-refractivity contribution in [2.45, 2.75) is 0 Å². The van der Waals surface area contributed by atoms with Crippen LogP contribution in [0.3, 0.4) is 0 Å². The molecule has 0 fully saturated rings. The van der Waals surface area contributed by atoms with Gasteiger partial charge >= 0.3 is 0 Å². The molecule has 2 heteroatoms. The van der Waals surface area contributed by atoms with Gasteiger partial charge in [0, 0.05) is 33.2 Å². The van der Waals surface area contributed by atoms with Crippen LogP contribution in [0.5, 0.6) is 0 Å². The van der Waals surface area contributed by atoms with Crippen molar-refractivity contribution in [2.75, 3.05) is 4.90 Å². The van der Waals surface area contributed by atoms with Gasteiger partial charge < -0.3 is 9.47 Å². The monoisotopic (exact) mass is 662 g/mol. The minimum absolute atomic E-state index is 1.11. The Bertz CT molecular complexity index is 2880. The molecule has 0 atom stereocenters. The number of fused-ring (bicyclic) bond motifs is 5. The van der Waals surface area contributed by atoms with E-state index in [-0.39, 0.29) is 0 Å². The molecule has 0 unspecified atom stereocenters. The molecule has 244 valence electrons. The quantitative estimate of drug-likeness (QED) is 0.172. The van der Waals surface area contributed by atoms with Crippen LogP contribution >= 0.6 is 0 Å². The highest BCUT2D eigenvalue weighted by Gasteiger charge is 2.16. The van der Waals surface area contributed by atoms with Crippen LogP contribution < -0.4 is 4.90 Å². The van der Waals surface area contributed by atoms with Gasteiger partial charge in [-0.2, -0.15) is 0 Å². The highest BCUT2D eigenvalue weighted by molar-refractivity contribution is 6.11. The number of para-hydroxylation sites is 2. The van der Waals surface area contributed by atoms with E-state index in [4.69, 9.17) is 0 Å². The second kappa shape index (κ2) is 12.5. The molecule has 0 amide bonds. The molecule has 0 aliphatic carbocycles. The third kappa shape index (κ3) is 5.12. The Morgan fingerprint density at radius 3 is 1.56 bits per heavy atom. The molecule has 0 saturated carbocycles. The lowest BCUT2D eigenvalue weighted by Crippen LogP contribution is -2.09. The summed E-state index contributed by atoms with van der Waals surface area (Å²) in [5.74, 6) is 0. The molecule has 9 aromatic carbocycles. The predicted octanol–water partition coefficient (Wildman–Crippen LogP) is 13.9. The average molecular weight is 663 g/mol. The van der Waals surface area contributed by atoms with E-state index in [9.17, 15) is 0 Å².